The van der Waals surface area contributed by atoms with Gasteiger partial charge in [-0.1, -0.05) is 39.8 Å². The molecule has 15 heteroatoms. The highest BCUT2D eigenvalue weighted by Gasteiger charge is 2.32. The molecule has 2 aliphatic heterocycles. The Balaban J connectivity index is 1.30. The summed E-state index contributed by atoms with van der Waals surface area (Å²) in [5, 5.41) is 14.8. The van der Waals surface area contributed by atoms with Crippen molar-refractivity contribution in [3.8, 4) is 11.4 Å². The molecule has 6 rings (SSSR count). The Labute approximate surface area is 285 Å². The topological polar surface area (TPSA) is 146 Å². The molecule has 2 aliphatic rings. The van der Waals surface area contributed by atoms with E-state index in [4.69, 9.17) is 25.0 Å². The highest BCUT2D eigenvalue weighted by molar-refractivity contribution is 7.88. The van der Waals surface area contributed by atoms with Crippen molar-refractivity contribution >= 4 is 54.2 Å². The minimum atomic E-state index is -3.18. The van der Waals surface area contributed by atoms with Crippen molar-refractivity contribution in [3.63, 3.8) is 0 Å². The van der Waals surface area contributed by atoms with Crippen LogP contribution in [0.5, 0.6) is 0 Å². The number of benzene rings is 1. The second-order valence-corrected chi connectivity index (χ2v) is 17.7. The third-order valence-electron chi connectivity index (χ3n) is 9.12. The highest BCUT2D eigenvalue weighted by Crippen LogP contribution is 2.39. The molecule has 5 heterocycles. The van der Waals surface area contributed by atoms with Gasteiger partial charge in [-0.2, -0.15) is 9.40 Å². The van der Waals surface area contributed by atoms with Gasteiger partial charge in [0.1, 0.15) is 0 Å². The normalized spacial score (nSPS) is 17.4. The molecule has 4 aromatic rings. The maximum Gasteiger partial charge on any atom is 0.243 e. The number of morpholine rings is 1. The summed E-state index contributed by atoms with van der Waals surface area (Å²) in [7, 11) is -3.18. The van der Waals surface area contributed by atoms with Gasteiger partial charge in [0.2, 0.25) is 15.9 Å². The number of amides is 1. The van der Waals surface area contributed by atoms with E-state index in [2.05, 4.69) is 41.8 Å². The predicted octanol–water partition coefficient (Wildman–Crippen LogP) is 3.96. The van der Waals surface area contributed by atoms with E-state index in [1.165, 1.54) is 11.1 Å². The second kappa shape index (κ2) is 13.6. The predicted molar refractivity (Wildman–Crippen MR) is 188 cm³/mol. The molecule has 0 unspecified atom stereocenters. The van der Waals surface area contributed by atoms with Crippen LogP contribution in [0.3, 0.4) is 0 Å². The van der Waals surface area contributed by atoms with Crippen LogP contribution in [0.1, 0.15) is 45.4 Å². The number of fused-ring (bicyclic) bond motifs is 2. The Morgan fingerprint density at radius 2 is 1.77 bits per heavy atom. The summed E-state index contributed by atoms with van der Waals surface area (Å²) in [6, 6.07) is 8.30. The Morgan fingerprint density at radius 3 is 2.46 bits per heavy atom. The summed E-state index contributed by atoms with van der Waals surface area (Å²) in [6.07, 6.45) is 4.15. The molecule has 0 saturated carbocycles. The fourth-order valence-electron chi connectivity index (χ4n) is 7.31. The van der Waals surface area contributed by atoms with E-state index in [0.29, 0.717) is 51.8 Å². The molecular formula is C33H46N8O5S2. The zero-order valence-corrected chi connectivity index (χ0v) is 30.0. The summed E-state index contributed by atoms with van der Waals surface area (Å²) < 4.78 is 34.3. The summed E-state index contributed by atoms with van der Waals surface area (Å²) >= 11 is 1.71. The van der Waals surface area contributed by atoms with Crippen molar-refractivity contribution in [1.82, 2.24) is 34.4 Å². The zero-order valence-electron chi connectivity index (χ0n) is 28.4. The third kappa shape index (κ3) is 7.81. The number of piperazine rings is 1. The Morgan fingerprint density at radius 1 is 1.04 bits per heavy atom. The van der Waals surface area contributed by atoms with E-state index in [1.54, 1.807) is 21.1 Å². The maximum atomic E-state index is 12.0. The first-order valence-corrected chi connectivity index (χ1v) is 19.1. The Hall–Kier alpha value is -3.21. The number of carbonyl (C=O) groups excluding carboxylic acids is 1. The van der Waals surface area contributed by atoms with Crippen LogP contribution >= 0.6 is 11.3 Å². The molecule has 0 bridgehead atoms. The quantitative estimate of drug-likeness (QED) is 0.174. The Kier molecular flexibility index (Phi) is 9.81. The van der Waals surface area contributed by atoms with Gasteiger partial charge in [-0.25, -0.2) is 23.9 Å². The number of rotatable bonds is 11. The minimum absolute atomic E-state index is 0.183. The molecule has 3 aromatic heterocycles. The fourth-order valence-corrected chi connectivity index (χ4v) is 9.29. The van der Waals surface area contributed by atoms with Gasteiger partial charge in [-0.05, 0) is 29.4 Å². The van der Waals surface area contributed by atoms with Crippen LogP contribution in [0.15, 0.2) is 30.5 Å². The highest BCUT2D eigenvalue weighted by atomic mass is 32.2. The van der Waals surface area contributed by atoms with Crippen molar-refractivity contribution < 1.29 is 23.2 Å². The van der Waals surface area contributed by atoms with Crippen molar-refractivity contribution in [1.29, 1.82) is 0 Å². The molecule has 0 radical (unpaired) electrons. The largest absolute Gasteiger partial charge is 0.378 e. The first kappa shape index (κ1) is 34.6. The third-order valence-corrected chi connectivity index (χ3v) is 11.5. The number of hydrogen-bond acceptors (Lipinski definition) is 11. The number of thiophene rings is 1. The molecular weight excluding hydrogens is 653 g/mol. The van der Waals surface area contributed by atoms with Crippen molar-refractivity contribution in [3.05, 3.63) is 35.3 Å². The van der Waals surface area contributed by atoms with Crippen LogP contribution in [0.25, 0.3) is 32.5 Å². The van der Waals surface area contributed by atoms with Gasteiger partial charge in [0.15, 0.2) is 11.6 Å². The lowest BCUT2D eigenvalue weighted by Crippen LogP contribution is -2.47. The average molecular weight is 699 g/mol. The average Bonchev–Trinajstić information content (AvgIpc) is 3.63. The Bertz CT molecular complexity index is 1890. The number of nitrogens with zero attached hydrogens (tertiary/aromatic N) is 7. The molecule has 1 amide bonds. The molecule has 0 aliphatic carbocycles. The number of ether oxygens (including phenoxy) is 1. The lowest BCUT2D eigenvalue weighted by Gasteiger charge is -2.34. The minimum Gasteiger partial charge on any atom is -0.378 e. The lowest BCUT2D eigenvalue weighted by atomic mass is 9.73. The van der Waals surface area contributed by atoms with Crippen LogP contribution in [-0.2, 0) is 32.6 Å². The number of hydrogen-bond donors (Lipinski definition) is 2. The number of aromatic nitrogens is 4. The fraction of sp³-hybridized carbons (Fsp3) is 0.576. The van der Waals surface area contributed by atoms with E-state index < -0.39 is 10.0 Å². The maximum absolute atomic E-state index is 12.0. The summed E-state index contributed by atoms with van der Waals surface area (Å²) in [5.41, 5.74) is 4.07. The first-order chi connectivity index (χ1) is 22.7. The molecule has 2 fully saturated rings. The van der Waals surface area contributed by atoms with Crippen molar-refractivity contribution in [2.45, 2.75) is 53.6 Å². The SMILES string of the molecule is CC(C)(CC(=O)NO)CC(C)(C)Cn1ncc2c(-c3nc(N4CCOCC4)c4sc(CN5CCN(S(C)(=O)=O)CC5)cc4n3)cccc21. The number of carbonyl (C=O) groups is 1. The van der Waals surface area contributed by atoms with Crippen LogP contribution in [-0.4, -0.2) is 107 Å². The number of nitrogens with one attached hydrogen (secondary N) is 1. The van der Waals surface area contributed by atoms with E-state index in [1.807, 2.05) is 30.8 Å². The molecule has 2 saturated heterocycles. The van der Waals surface area contributed by atoms with Gasteiger partial charge in [-0.3, -0.25) is 19.6 Å². The summed E-state index contributed by atoms with van der Waals surface area (Å²) in [4.78, 5) is 28.0. The van der Waals surface area contributed by atoms with E-state index >= 15 is 0 Å². The molecule has 0 atom stereocenters. The molecule has 260 valence electrons. The van der Waals surface area contributed by atoms with Crippen LogP contribution in [0.4, 0.5) is 5.82 Å². The van der Waals surface area contributed by atoms with Gasteiger partial charge < -0.3 is 9.64 Å². The van der Waals surface area contributed by atoms with Crippen molar-refractivity contribution in [2.75, 3.05) is 63.6 Å². The van der Waals surface area contributed by atoms with Crippen molar-refractivity contribution in [2.24, 2.45) is 10.8 Å². The van der Waals surface area contributed by atoms with Gasteiger partial charge in [0.05, 0.1) is 41.4 Å². The first-order valence-electron chi connectivity index (χ1n) is 16.4. The summed E-state index contributed by atoms with van der Waals surface area (Å²) in [5.74, 6) is 1.18. The van der Waals surface area contributed by atoms with Gasteiger partial charge in [0.25, 0.3) is 0 Å². The summed E-state index contributed by atoms with van der Waals surface area (Å²) in [6.45, 7) is 15.0. The zero-order chi connectivity index (χ0) is 34.3. The van der Waals surface area contributed by atoms with E-state index in [9.17, 15) is 13.2 Å². The standard InChI is InChI=1S/C33H46N8O5S2/c1-32(2,18-28(42)37-43)21-33(3,4)22-41-27-8-6-7-24(25(27)19-34-41)30-35-26-17-23(20-38-9-11-40(12-10-38)48(5,44)45)47-29(26)31(36-30)39-13-15-46-16-14-39/h6-8,17,19,43H,9-16,18,20-22H2,1-5H3,(H,37,42). The van der Waals surface area contributed by atoms with Crippen LogP contribution in [0.2, 0.25) is 0 Å². The number of anilines is 1. The lowest BCUT2D eigenvalue weighted by molar-refractivity contribution is -0.131. The molecule has 2 N–H and O–H groups in total. The molecule has 0 spiro atoms. The van der Waals surface area contributed by atoms with Gasteiger partial charge in [0, 0.05) is 74.6 Å². The smallest absolute Gasteiger partial charge is 0.243 e. The number of sulfonamides is 1. The molecule has 48 heavy (non-hydrogen) atoms. The van der Waals surface area contributed by atoms with E-state index in [0.717, 1.165) is 58.6 Å². The second-order valence-electron chi connectivity index (χ2n) is 14.6. The van der Waals surface area contributed by atoms with Crippen LogP contribution < -0.4 is 10.4 Å². The molecule has 13 nitrogen and oxygen atoms in total. The monoisotopic (exact) mass is 698 g/mol. The van der Waals surface area contributed by atoms with Gasteiger partial charge in [-0.15, -0.1) is 11.3 Å². The molecule has 1 aromatic carbocycles. The van der Waals surface area contributed by atoms with Gasteiger partial charge >= 0.3 is 0 Å². The van der Waals surface area contributed by atoms with E-state index in [-0.39, 0.29) is 23.2 Å². The number of hydroxylamine groups is 1. The van der Waals surface area contributed by atoms with Crippen LogP contribution in [0, 0.1) is 10.8 Å².